The van der Waals surface area contributed by atoms with Crippen LogP contribution in [-0.4, -0.2) is 52.4 Å². The van der Waals surface area contributed by atoms with E-state index < -0.39 is 12.9 Å². The molecule has 3 N–H and O–H groups in total. The zero-order chi connectivity index (χ0) is 22.9. The number of nitrogens with zero attached hydrogens (tertiary/aromatic N) is 1. The monoisotopic (exact) mass is 446 g/mol. The van der Waals surface area contributed by atoms with Gasteiger partial charge in [-0.25, -0.2) is 0 Å². The molecule has 0 heterocycles. The summed E-state index contributed by atoms with van der Waals surface area (Å²) in [5, 5.41) is 8.61. The van der Waals surface area contributed by atoms with Crippen LogP contribution >= 0.6 is 7.60 Å². The summed E-state index contributed by atoms with van der Waals surface area (Å²) in [5.74, 6) is 0. The van der Waals surface area contributed by atoms with Gasteiger partial charge in [-0.2, -0.15) is 0 Å². The Hall–Kier alpha value is -0.450. The summed E-state index contributed by atoms with van der Waals surface area (Å²) in [5.41, 5.74) is 0. The van der Waals surface area contributed by atoms with Crippen LogP contribution in [0.25, 0.3) is 0 Å². The second-order valence-corrected chi connectivity index (χ2v) is 11.6. The highest BCUT2D eigenvalue weighted by Crippen LogP contribution is 2.52. The van der Waals surface area contributed by atoms with Gasteiger partial charge in [-0.05, 0) is 51.4 Å². The van der Waals surface area contributed by atoms with Gasteiger partial charge >= 0.3 is 7.60 Å². The number of quaternary nitrogens is 1. The van der Waals surface area contributed by atoms with Gasteiger partial charge in [-0.1, -0.05) is 69.8 Å². The van der Waals surface area contributed by atoms with Gasteiger partial charge in [0.2, 0.25) is 5.34 Å². The molecule has 0 radical (unpaired) electrons. The normalized spacial score (nSPS) is 15.3. The summed E-state index contributed by atoms with van der Waals surface area (Å²) in [6.07, 6.45) is 24.0. The zero-order valence-electron chi connectivity index (χ0n) is 20.1. The fourth-order valence-electron chi connectivity index (χ4n) is 3.62. The lowest BCUT2D eigenvalue weighted by Gasteiger charge is -2.35. The van der Waals surface area contributed by atoms with E-state index in [9.17, 15) is 19.5 Å². The van der Waals surface area contributed by atoms with Crippen molar-refractivity contribution in [1.29, 1.82) is 0 Å². The predicted molar refractivity (Wildman–Crippen MR) is 128 cm³/mol. The Bertz CT molecular complexity index is 522. The highest BCUT2D eigenvalue weighted by Gasteiger charge is 2.48. The third-order valence-corrected chi connectivity index (χ3v) is 6.70. The van der Waals surface area contributed by atoms with Crippen LogP contribution in [0.2, 0.25) is 0 Å². The van der Waals surface area contributed by atoms with Crippen LogP contribution in [0, 0.1) is 0 Å². The Labute approximate surface area is 186 Å². The summed E-state index contributed by atoms with van der Waals surface area (Å²) < 4.78 is 12.1. The van der Waals surface area contributed by atoms with Crippen molar-refractivity contribution in [2.75, 3.05) is 27.7 Å². The molecule has 0 aliphatic rings. The molecule has 0 fully saturated rings. The second-order valence-electron chi connectivity index (χ2n) is 9.65. The van der Waals surface area contributed by atoms with Gasteiger partial charge in [0, 0.05) is 0 Å². The van der Waals surface area contributed by atoms with Gasteiger partial charge in [-0.3, -0.25) is 4.57 Å². The fraction of sp³-hybridized carbons (Fsp3) is 0.833. The minimum Gasteiger partial charge on any atom is -0.373 e. The van der Waals surface area contributed by atoms with Crippen molar-refractivity contribution in [2.45, 2.75) is 102 Å². The van der Waals surface area contributed by atoms with Crippen molar-refractivity contribution < 1.29 is 23.9 Å². The summed E-state index contributed by atoms with van der Waals surface area (Å²) in [7, 11) is 0.960. The third-order valence-electron chi connectivity index (χ3n) is 5.25. The summed E-state index contributed by atoms with van der Waals surface area (Å²) in [6, 6.07) is 0. The molecule has 5 nitrogen and oxygen atoms in total. The van der Waals surface area contributed by atoms with Crippen LogP contribution in [0.3, 0.4) is 0 Å². The summed E-state index contributed by atoms with van der Waals surface area (Å²) in [6.45, 7) is 2.26. The van der Waals surface area contributed by atoms with Gasteiger partial charge in [0.05, 0.1) is 21.1 Å². The lowest BCUT2D eigenvalue weighted by molar-refractivity contribution is -0.875. The molecule has 0 amide bonds. The van der Waals surface area contributed by atoms with Crippen LogP contribution in [0.1, 0.15) is 96.8 Å². The number of hydrogen-bond acceptors (Lipinski definition) is 2. The molecule has 0 saturated carbocycles. The van der Waals surface area contributed by atoms with Crippen molar-refractivity contribution in [3.05, 3.63) is 24.3 Å². The van der Waals surface area contributed by atoms with E-state index in [1.54, 1.807) is 0 Å². The first-order valence-electron chi connectivity index (χ1n) is 11.9. The molecule has 6 heteroatoms. The Morgan fingerprint density at radius 1 is 0.733 bits per heavy atom. The molecular weight excluding hydrogens is 397 g/mol. The first kappa shape index (κ1) is 29.5. The van der Waals surface area contributed by atoms with Gasteiger partial charge in [0.15, 0.2) is 0 Å². The topological polar surface area (TPSA) is 77.8 Å². The van der Waals surface area contributed by atoms with E-state index >= 15 is 0 Å². The molecule has 1 atom stereocenters. The molecule has 1 unspecified atom stereocenters. The lowest BCUT2D eigenvalue weighted by Crippen LogP contribution is -2.49. The van der Waals surface area contributed by atoms with E-state index in [1.165, 1.54) is 51.4 Å². The SMILES string of the molecule is CCC/C=C\CCC/C=C\CCCCCCCCCC(O)(C[N+](C)(C)C)P(=O)(O)O. The van der Waals surface area contributed by atoms with Crippen molar-refractivity contribution in [3.8, 4) is 0 Å². The van der Waals surface area contributed by atoms with Crippen molar-refractivity contribution >= 4 is 7.60 Å². The molecule has 30 heavy (non-hydrogen) atoms. The first-order valence-corrected chi connectivity index (χ1v) is 13.5. The maximum atomic E-state index is 11.8. The molecule has 0 aliphatic heterocycles. The number of unbranched alkanes of at least 4 members (excludes halogenated alkanes) is 10. The molecule has 0 aliphatic carbocycles. The molecule has 0 aromatic rings. The van der Waals surface area contributed by atoms with Gasteiger partial charge < -0.3 is 19.4 Å². The highest BCUT2D eigenvalue weighted by molar-refractivity contribution is 7.53. The molecule has 0 rings (SSSR count). The van der Waals surface area contributed by atoms with Crippen molar-refractivity contribution in [2.24, 2.45) is 0 Å². The van der Waals surface area contributed by atoms with E-state index in [0.29, 0.717) is 10.9 Å². The maximum Gasteiger partial charge on any atom is 0.362 e. The summed E-state index contributed by atoms with van der Waals surface area (Å²) in [4.78, 5) is 19.2. The number of likely N-dealkylation sites (N-methyl/N-ethyl adjacent to an activating group) is 1. The molecule has 0 saturated heterocycles. The number of aliphatic hydroxyl groups is 1. The van der Waals surface area contributed by atoms with Gasteiger partial charge in [0.1, 0.15) is 6.54 Å². The van der Waals surface area contributed by atoms with Crippen LogP contribution in [0.15, 0.2) is 24.3 Å². The highest BCUT2D eigenvalue weighted by atomic mass is 31.2. The molecule has 0 aromatic heterocycles. The Morgan fingerprint density at radius 3 is 1.63 bits per heavy atom. The van der Waals surface area contributed by atoms with Crippen LogP contribution in [0.5, 0.6) is 0 Å². The number of rotatable bonds is 19. The molecule has 0 bridgehead atoms. The van der Waals surface area contributed by atoms with Crippen LogP contribution in [-0.2, 0) is 4.57 Å². The van der Waals surface area contributed by atoms with Gasteiger partial charge in [0.25, 0.3) is 0 Å². The van der Waals surface area contributed by atoms with E-state index in [0.717, 1.165) is 25.7 Å². The lowest BCUT2D eigenvalue weighted by atomic mass is 10.0. The first-order chi connectivity index (χ1) is 14.0. The average molecular weight is 447 g/mol. The number of hydrogen-bond donors (Lipinski definition) is 3. The Balaban J connectivity index is 3.71. The summed E-state index contributed by atoms with van der Waals surface area (Å²) >= 11 is 0. The standard InChI is InChI=1S/C24H48NO4P/c1-5-6-7-8-9-10-11-12-13-14-15-16-17-18-19-20-21-22-24(26,30(27,28)29)23-25(2,3)4/h7-8,12-13,26H,5-6,9-11,14-23H2,1-4H3,(H-,27,28,29)/p+1/b8-7-,13-12-. The van der Waals surface area contributed by atoms with Crippen molar-refractivity contribution in [1.82, 2.24) is 0 Å². The van der Waals surface area contributed by atoms with Gasteiger partial charge in [-0.15, -0.1) is 0 Å². The smallest absolute Gasteiger partial charge is 0.362 e. The van der Waals surface area contributed by atoms with E-state index in [1.807, 2.05) is 21.1 Å². The fourth-order valence-corrected chi connectivity index (χ4v) is 4.68. The molecule has 178 valence electrons. The minimum absolute atomic E-state index is 0.0559. The quantitative estimate of drug-likeness (QED) is 0.0962. The molecular formula is C24H49NO4P+. The van der Waals surface area contributed by atoms with E-state index in [-0.39, 0.29) is 13.0 Å². The van der Waals surface area contributed by atoms with E-state index in [4.69, 9.17) is 0 Å². The molecule has 0 spiro atoms. The second kappa shape index (κ2) is 16.2. The van der Waals surface area contributed by atoms with Crippen LogP contribution < -0.4 is 0 Å². The maximum absolute atomic E-state index is 11.8. The molecule has 0 aromatic carbocycles. The Morgan fingerprint density at radius 2 is 1.17 bits per heavy atom. The van der Waals surface area contributed by atoms with Crippen molar-refractivity contribution in [3.63, 3.8) is 0 Å². The number of allylic oxidation sites excluding steroid dienone is 4. The minimum atomic E-state index is -4.55. The van der Waals surface area contributed by atoms with E-state index in [2.05, 4.69) is 31.2 Å². The predicted octanol–water partition coefficient (Wildman–Crippen LogP) is 6.15. The van der Waals surface area contributed by atoms with Crippen LogP contribution in [0.4, 0.5) is 0 Å². The third kappa shape index (κ3) is 16.3. The zero-order valence-corrected chi connectivity index (χ0v) is 21.0. The average Bonchev–Trinajstić information content (AvgIpc) is 2.62. The largest absolute Gasteiger partial charge is 0.373 e. The Kier molecular flexibility index (Phi) is 16.0.